The molecule has 0 bridgehead atoms. The smallest absolute Gasteiger partial charge is 0.135 e. The van der Waals surface area contributed by atoms with E-state index in [1.54, 1.807) is 16.8 Å². The third kappa shape index (κ3) is 9.15. The first-order valence-corrected chi connectivity index (χ1v) is 26.2. The number of hydrogen-bond acceptors (Lipinski definition) is 4. The van der Waals surface area contributed by atoms with E-state index in [1.807, 2.05) is 36.4 Å². The van der Waals surface area contributed by atoms with Crippen molar-refractivity contribution in [2.24, 2.45) is 0 Å². The Hall–Kier alpha value is -7.20. The molecule has 0 saturated heterocycles. The number of aromatic nitrogens is 2. The summed E-state index contributed by atoms with van der Waals surface area (Å²) in [6.07, 6.45) is 4.01. The molecule has 5 nitrogen and oxygen atoms in total. The van der Waals surface area contributed by atoms with Crippen LogP contribution in [0, 0.1) is 18.8 Å². The molecule has 0 radical (unpaired) electrons. The minimum absolute atomic E-state index is 0. The first-order valence-electron chi connectivity index (χ1n) is 28.2. The van der Waals surface area contributed by atoms with Gasteiger partial charge in [-0.1, -0.05) is 172 Å². The van der Waals surface area contributed by atoms with Gasteiger partial charge in [-0.2, -0.15) is 12.1 Å². The van der Waals surface area contributed by atoms with Gasteiger partial charge in [0, 0.05) is 72.5 Å². The number of ether oxygens (including phenoxy) is 1. The van der Waals surface area contributed by atoms with Crippen molar-refractivity contribution in [1.29, 1.82) is 0 Å². The van der Waals surface area contributed by atoms with Gasteiger partial charge in [0.25, 0.3) is 0 Å². The molecule has 1 aliphatic carbocycles. The molecule has 0 spiro atoms. The van der Waals surface area contributed by atoms with E-state index in [1.165, 1.54) is 22.3 Å². The number of pyridine rings is 1. The van der Waals surface area contributed by atoms with Crippen molar-refractivity contribution in [2.45, 2.75) is 104 Å². The van der Waals surface area contributed by atoms with Crippen LogP contribution in [0.4, 0.5) is 22.7 Å². The van der Waals surface area contributed by atoms with Crippen LogP contribution in [0.15, 0.2) is 182 Å². The Morgan fingerprint density at radius 3 is 1.93 bits per heavy atom. The predicted octanol–water partition coefficient (Wildman–Crippen LogP) is 18.9. The molecule has 0 atom stereocenters. The van der Waals surface area contributed by atoms with Gasteiger partial charge in [0.05, 0.1) is 5.48 Å². The van der Waals surface area contributed by atoms with Gasteiger partial charge in [0.15, 0.2) is 0 Å². The maximum atomic E-state index is 9.13. The molecule has 6 heteroatoms. The first-order chi connectivity index (χ1) is 37.6. The van der Waals surface area contributed by atoms with Crippen molar-refractivity contribution in [2.75, 3.05) is 9.80 Å². The van der Waals surface area contributed by atoms with E-state index in [0.29, 0.717) is 39.1 Å². The minimum Gasteiger partial charge on any atom is -0.509 e. The van der Waals surface area contributed by atoms with E-state index in [2.05, 4.69) is 207 Å². The zero-order valence-corrected chi connectivity index (χ0v) is 47.3. The Morgan fingerprint density at radius 2 is 1.20 bits per heavy atom. The third-order valence-corrected chi connectivity index (χ3v) is 15.6. The average molecular weight is 1180 g/mol. The van der Waals surface area contributed by atoms with Gasteiger partial charge in [-0.3, -0.25) is 0 Å². The second-order valence-electron chi connectivity index (χ2n) is 23.8. The number of benzene rings is 8. The molecular formula is C70H65N4OPt-3. The van der Waals surface area contributed by atoms with E-state index in [4.69, 9.17) is 15.2 Å². The van der Waals surface area contributed by atoms with Gasteiger partial charge in [-0.15, -0.1) is 48.1 Å². The van der Waals surface area contributed by atoms with Gasteiger partial charge in [-0.05, 0) is 133 Å². The topological polar surface area (TPSA) is 33.5 Å². The van der Waals surface area contributed by atoms with Gasteiger partial charge < -0.3 is 19.1 Å². The Labute approximate surface area is 470 Å². The summed E-state index contributed by atoms with van der Waals surface area (Å²) in [5.41, 5.74) is 16.4. The van der Waals surface area contributed by atoms with E-state index >= 15 is 0 Å². The standard InChI is InChI=1S/C70H65N4O.Pt/c1-67(2,3)50-34-37-71-65(42-50)74-61-27-15-14-26-55(61)56-32-31-54(44-64(56)74)75-53-25-19-24-52(43-53)72-45-73(63-29-17-16-28-62(63)72)66-57(48-23-18-22-47(38-48)46-20-12-11-13-21-46)40-51(68(4,5)6)41-58(66)49-30-33-59-60(39-49)70(9,10)36-35-69(59,7)8;/h11-34,37-42,45H,35-36H2,1-10H3;/q-3;/i14D,15D,26D,27D;. The molecule has 3 heterocycles. The monoisotopic (exact) mass is 1180 g/mol. The maximum Gasteiger partial charge on any atom is 0.135 e. The first kappa shape index (κ1) is 46.1. The molecule has 8 aromatic carbocycles. The summed E-state index contributed by atoms with van der Waals surface area (Å²) in [5, 5.41) is 1.01. The summed E-state index contributed by atoms with van der Waals surface area (Å²) in [7, 11) is 0. The van der Waals surface area contributed by atoms with E-state index in [9.17, 15) is 0 Å². The molecule has 10 aromatic rings. The third-order valence-electron chi connectivity index (χ3n) is 15.6. The summed E-state index contributed by atoms with van der Waals surface area (Å²) in [4.78, 5) is 9.32. The Kier molecular flexibility index (Phi) is 11.6. The van der Waals surface area contributed by atoms with Gasteiger partial charge in [-0.25, -0.2) is 4.98 Å². The van der Waals surface area contributed by atoms with Gasteiger partial charge in [0.1, 0.15) is 5.82 Å². The van der Waals surface area contributed by atoms with Crippen LogP contribution >= 0.6 is 0 Å². The summed E-state index contributed by atoms with van der Waals surface area (Å²) in [5.74, 6) is 1.38. The average Bonchev–Trinajstić information content (AvgIpc) is 4.21. The fourth-order valence-corrected chi connectivity index (χ4v) is 11.2. The number of anilines is 4. The van der Waals surface area contributed by atoms with Crippen LogP contribution in [0.1, 0.15) is 110 Å². The van der Waals surface area contributed by atoms with Crippen molar-refractivity contribution in [3.05, 3.63) is 223 Å². The second-order valence-corrected chi connectivity index (χ2v) is 23.8. The molecule has 1 aliphatic heterocycles. The zero-order valence-electron chi connectivity index (χ0n) is 49.0. The number of fused-ring (bicyclic) bond motifs is 5. The molecule has 2 aliphatic rings. The summed E-state index contributed by atoms with van der Waals surface area (Å²) in [6.45, 7) is 25.1. The summed E-state index contributed by atoms with van der Waals surface area (Å²) < 4.78 is 44.0. The van der Waals surface area contributed by atoms with Crippen molar-refractivity contribution in [1.82, 2.24) is 9.55 Å². The van der Waals surface area contributed by atoms with Crippen LogP contribution in [-0.4, -0.2) is 9.55 Å². The zero-order chi connectivity index (χ0) is 55.5. The molecule has 2 aromatic heterocycles. The second kappa shape index (κ2) is 19.1. The van der Waals surface area contributed by atoms with Crippen LogP contribution in [0.5, 0.6) is 11.5 Å². The predicted molar refractivity (Wildman–Crippen MR) is 313 cm³/mol. The molecule has 0 amide bonds. The van der Waals surface area contributed by atoms with Crippen molar-refractivity contribution in [3.8, 4) is 50.7 Å². The van der Waals surface area contributed by atoms with Crippen LogP contribution in [0.25, 0.3) is 61.0 Å². The number of rotatable bonds is 8. The van der Waals surface area contributed by atoms with E-state index in [0.717, 1.165) is 69.0 Å². The molecule has 0 saturated carbocycles. The van der Waals surface area contributed by atoms with E-state index < -0.39 is 0 Å². The maximum absolute atomic E-state index is 9.13. The van der Waals surface area contributed by atoms with Gasteiger partial charge >= 0.3 is 0 Å². The fourth-order valence-electron chi connectivity index (χ4n) is 11.2. The van der Waals surface area contributed by atoms with Crippen molar-refractivity contribution < 1.29 is 31.3 Å². The molecule has 384 valence electrons. The SMILES string of the molecule is [2H]c1c([2H])c([2H])c2c(c1[2H])c1ccc(Oc3[c-]c(N4[CH-]N(c5c(-c6cccc(-c7ccccc7)c6)cc(C(C)(C)C)cc5-c5ccc6c(c5)C(C)(C)CCC6(C)C)c5ccccc54)ccc3)[c-]c1n2-c1cc(C(C)(C)C)ccn1.[Pt]. The largest absolute Gasteiger partial charge is 0.509 e. The minimum atomic E-state index is -0.311. The quantitative estimate of drug-likeness (QED) is 0.142. The van der Waals surface area contributed by atoms with Crippen LogP contribution in [-0.2, 0) is 42.7 Å². The molecule has 12 rings (SSSR count). The normalized spacial score (nSPS) is 15.6. The van der Waals surface area contributed by atoms with Crippen molar-refractivity contribution in [3.63, 3.8) is 0 Å². The summed E-state index contributed by atoms with van der Waals surface area (Å²) in [6, 6.07) is 59.9. The number of para-hydroxylation sites is 3. The number of hydrogen-bond donors (Lipinski definition) is 0. The number of nitrogens with zero attached hydrogens (tertiary/aromatic N) is 4. The van der Waals surface area contributed by atoms with Crippen LogP contribution in [0.2, 0.25) is 0 Å². The molecule has 0 N–H and O–H groups in total. The van der Waals surface area contributed by atoms with Crippen LogP contribution < -0.4 is 14.5 Å². The van der Waals surface area contributed by atoms with Crippen molar-refractivity contribution >= 4 is 44.6 Å². The molecule has 76 heavy (non-hydrogen) atoms. The Morgan fingerprint density at radius 1 is 0.566 bits per heavy atom. The van der Waals surface area contributed by atoms with Crippen LogP contribution in [0.3, 0.4) is 0 Å². The molecular weight excluding hydrogens is 1110 g/mol. The summed E-state index contributed by atoms with van der Waals surface area (Å²) >= 11 is 0. The van der Waals surface area contributed by atoms with E-state index in [-0.39, 0.29) is 66.9 Å². The Balaban J connectivity index is 0.00000675. The molecule has 0 fully saturated rings. The fraction of sp³-hybridized carbons (Fsp3) is 0.229. The van der Waals surface area contributed by atoms with Gasteiger partial charge in [0.2, 0.25) is 0 Å². The Bertz CT molecular complexity index is 4080. The molecule has 0 unspecified atom stereocenters.